The quantitative estimate of drug-likeness (QED) is 0.596. The topological polar surface area (TPSA) is 55.1 Å². The summed E-state index contributed by atoms with van der Waals surface area (Å²) in [4.78, 5) is 11.0. The highest BCUT2D eigenvalue weighted by molar-refractivity contribution is 5.89. The summed E-state index contributed by atoms with van der Waals surface area (Å²) in [5, 5.41) is 2.24. The van der Waals surface area contributed by atoms with Crippen molar-refractivity contribution in [3.8, 4) is 0 Å². The highest BCUT2D eigenvalue weighted by atomic mass is 16.1. The van der Waals surface area contributed by atoms with Crippen LogP contribution in [0.15, 0.2) is 24.3 Å². The zero-order chi connectivity index (χ0) is 10.8. The number of nitrogens with one attached hydrogen (secondary N) is 1. The molecule has 0 saturated heterocycles. The minimum atomic E-state index is -2.63. The van der Waals surface area contributed by atoms with E-state index in [-0.39, 0.29) is 0 Å². The molecule has 0 aliphatic rings. The Morgan fingerprint density at radius 2 is 2.55 bits per heavy atom. The fraction of sp³-hybridized carbons (Fsp3) is 0.125. The first-order chi connectivity index (χ1) is 6.39. The Labute approximate surface area is 69.4 Å². The minimum absolute atomic E-state index is 0.381. The molecule has 1 amide bonds. The van der Waals surface area contributed by atoms with Crippen molar-refractivity contribution in [3.05, 3.63) is 24.3 Å². The van der Waals surface area contributed by atoms with Crippen LogP contribution in [0.25, 0.3) is 0 Å². The molecule has 1 aromatic carbocycles. The highest BCUT2D eigenvalue weighted by Gasteiger charge is 1.93. The molecule has 3 heteroatoms. The second kappa shape index (κ2) is 3.05. The zero-order valence-corrected chi connectivity index (χ0v) is 5.79. The average molecular weight is 153 g/mol. The van der Waals surface area contributed by atoms with Gasteiger partial charge in [-0.25, -0.2) is 0 Å². The summed E-state index contributed by atoms with van der Waals surface area (Å²) in [7, 11) is 0. The number of amides is 1. The third-order valence-electron chi connectivity index (χ3n) is 1.14. The van der Waals surface area contributed by atoms with Crippen LogP contribution >= 0.6 is 0 Å². The molecule has 1 rings (SSSR count). The number of anilines is 2. The van der Waals surface area contributed by atoms with E-state index in [0.29, 0.717) is 11.4 Å². The van der Waals surface area contributed by atoms with Gasteiger partial charge in [0.2, 0.25) is 5.91 Å². The molecule has 11 heavy (non-hydrogen) atoms. The lowest BCUT2D eigenvalue weighted by atomic mass is 10.3. The molecule has 1 aromatic rings. The molecule has 0 unspecified atom stereocenters. The molecule has 0 spiro atoms. The molecule has 0 fully saturated rings. The van der Waals surface area contributed by atoms with Crippen LogP contribution in [0.5, 0.6) is 0 Å². The maximum Gasteiger partial charge on any atom is 0.221 e. The number of hydrogen-bond acceptors (Lipinski definition) is 2. The maximum absolute atomic E-state index is 11.0. The van der Waals surface area contributed by atoms with E-state index < -0.39 is 12.8 Å². The van der Waals surface area contributed by atoms with E-state index in [2.05, 4.69) is 5.32 Å². The van der Waals surface area contributed by atoms with Crippen molar-refractivity contribution in [1.29, 1.82) is 0 Å². The number of hydrogen-bond donors (Lipinski definition) is 2. The standard InChI is InChI=1S/C8H10N2O/c1-6(11)10-8-4-2-3-7(9)5-8/h2-5H,9H2,1H3,(H,10,11)/i1D3. The van der Waals surface area contributed by atoms with E-state index >= 15 is 0 Å². The van der Waals surface area contributed by atoms with Gasteiger partial charge in [0.1, 0.15) is 0 Å². The maximum atomic E-state index is 11.0. The van der Waals surface area contributed by atoms with Gasteiger partial charge in [0, 0.05) is 22.3 Å². The molecule has 58 valence electrons. The van der Waals surface area contributed by atoms with Gasteiger partial charge in [0.15, 0.2) is 0 Å². The van der Waals surface area contributed by atoms with Gasteiger partial charge < -0.3 is 11.1 Å². The van der Waals surface area contributed by atoms with Crippen LogP contribution in [0.3, 0.4) is 0 Å². The molecule has 3 nitrogen and oxygen atoms in total. The van der Waals surface area contributed by atoms with Gasteiger partial charge in [0.25, 0.3) is 0 Å². The smallest absolute Gasteiger partial charge is 0.221 e. The van der Waals surface area contributed by atoms with Gasteiger partial charge in [-0.1, -0.05) is 6.07 Å². The van der Waals surface area contributed by atoms with Crippen molar-refractivity contribution < 1.29 is 8.91 Å². The predicted molar refractivity (Wildman–Crippen MR) is 45.2 cm³/mol. The van der Waals surface area contributed by atoms with Crippen LogP contribution in [-0.2, 0) is 4.79 Å². The Bertz CT molecular complexity index is 349. The van der Waals surface area contributed by atoms with Gasteiger partial charge >= 0.3 is 0 Å². The third kappa shape index (κ3) is 2.29. The summed E-state index contributed by atoms with van der Waals surface area (Å²) in [5.41, 5.74) is 6.30. The van der Waals surface area contributed by atoms with Gasteiger partial charge in [-0.3, -0.25) is 4.79 Å². The molecule has 0 saturated carbocycles. The van der Waals surface area contributed by atoms with Crippen molar-refractivity contribution in [3.63, 3.8) is 0 Å². The first-order valence-corrected chi connectivity index (χ1v) is 3.06. The lowest BCUT2D eigenvalue weighted by Crippen LogP contribution is -2.05. The Hall–Kier alpha value is -1.51. The lowest BCUT2D eigenvalue weighted by Gasteiger charge is -2.01. The second-order valence-electron chi connectivity index (χ2n) is 2.08. The highest BCUT2D eigenvalue weighted by Crippen LogP contribution is 2.10. The van der Waals surface area contributed by atoms with Crippen LogP contribution in [0, 0.1) is 0 Å². The first kappa shape index (κ1) is 4.38. The van der Waals surface area contributed by atoms with Crippen molar-refractivity contribution in [2.75, 3.05) is 11.1 Å². The van der Waals surface area contributed by atoms with Crippen LogP contribution in [-0.4, -0.2) is 5.91 Å². The SMILES string of the molecule is [2H]C([2H])([2H])C(=O)Nc1cccc(N)c1. The number of benzene rings is 1. The molecule has 0 bridgehead atoms. The average Bonchev–Trinajstić information content (AvgIpc) is 2.02. The Kier molecular flexibility index (Phi) is 1.22. The molecular formula is C8H10N2O. The normalized spacial score (nSPS) is 14.4. The summed E-state index contributed by atoms with van der Waals surface area (Å²) in [6, 6.07) is 6.33. The molecule has 0 aliphatic carbocycles. The van der Waals surface area contributed by atoms with E-state index in [1.54, 1.807) is 18.2 Å². The number of nitrogen functional groups attached to an aromatic ring is 1. The van der Waals surface area contributed by atoms with E-state index in [1.807, 2.05) is 0 Å². The van der Waals surface area contributed by atoms with Gasteiger partial charge in [-0.2, -0.15) is 0 Å². The van der Waals surface area contributed by atoms with Crippen molar-refractivity contribution in [1.82, 2.24) is 0 Å². The Balaban J connectivity index is 2.75. The molecule has 3 N–H and O–H groups in total. The first-order valence-electron chi connectivity index (χ1n) is 4.56. The van der Waals surface area contributed by atoms with Crippen molar-refractivity contribution in [2.24, 2.45) is 0 Å². The molecule has 0 aliphatic heterocycles. The number of carbonyl (C=O) groups excluding carboxylic acids is 1. The zero-order valence-electron chi connectivity index (χ0n) is 8.79. The fourth-order valence-corrected chi connectivity index (χ4v) is 0.748. The van der Waals surface area contributed by atoms with E-state index in [1.165, 1.54) is 6.07 Å². The summed E-state index contributed by atoms with van der Waals surface area (Å²) in [6.45, 7) is -2.63. The Morgan fingerprint density at radius 3 is 3.18 bits per heavy atom. The Morgan fingerprint density at radius 1 is 1.73 bits per heavy atom. The van der Waals surface area contributed by atoms with Crippen LogP contribution in [0.2, 0.25) is 0 Å². The fourth-order valence-electron chi connectivity index (χ4n) is 0.748. The summed E-state index contributed by atoms with van der Waals surface area (Å²) in [5.74, 6) is -1.01. The van der Waals surface area contributed by atoms with E-state index in [9.17, 15) is 4.79 Å². The summed E-state index contributed by atoms with van der Waals surface area (Å²) < 4.78 is 20.5. The molecule has 0 radical (unpaired) electrons. The second-order valence-corrected chi connectivity index (χ2v) is 2.08. The van der Waals surface area contributed by atoms with Gasteiger partial charge in [0.05, 0.1) is 0 Å². The largest absolute Gasteiger partial charge is 0.399 e. The van der Waals surface area contributed by atoms with Crippen LogP contribution in [0.1, 0.15) is 11.0 Å². The van der Waals surface area contributed by atoms with E-state index in [0.717, 1.165) is 0 Å². The number of rotatable bonds is 1. The predicted octanol–water partition coefficient (Wildman–Crippen LogP) is 1.23. The summed E-state index contributed by atoms with van der Waals surface area (Å²) in [6.07, 6.45) is 0. The third-order valence-corrected chi connectivity index (χ3v) is 1.14. The van der Waals surface area contributed by atoms with Crippen LogP contribution in [0.4, 0.5) is 11.4 Å². The van der Waals surface area contributed by atoms with Crippen LogP contribution < -0.4 is 11.1 Å². The lowest BCUT2D eigenvalue weighted by molar-refractivity contribution is -0.114. The van der Waals surface area contributed by atoms with Crippen molar-refractivity contribution >= 4 is 17.3 Å². The van der Waals surface area contributed by atoms with E-state index in [4.69, 9.17) is 9.85 Å². The molecular weight excluding hydrogens is 140 g/mol. The van der Waals surface area contributed by atoms with Crippen molar-refractivity contribution in [2.45, 2.75) is 6.85 Å². The monoisotopic (exact) mass is 153 g/mol. The number of nitrogens with two attached hydrogens (primary N) is 1. The summed E-state index contributed by atoms with van der Waals surface area (Å²) >= 11 is 0. The molecule has 0 atom stereocenters. The number of carbonyl (C=O) groups is 1. The van der Waals surface area contributed by atoms with Gasteiger partial charge in [-0.15, -0.1) is 0 Å². The molecule has 0 heterocycles. The van der Waals surface area contributed by atoms with Gasteiger partial charge in [-0.05, 0) is 18.2 Å². The minimum Gasteiger partial charge on any atom is -0.399 e. The molecule has 0 aromatic heterocycles.